The second-order valence-corrected chi connectivity index (χ2v) is 3.55. The Bertz CT molecular complexity index is 316. The molecule has 90 valence electrons. The lowest BCUT2D eigenvalue weighted by atomic mass is 10.1. The predicted molar refractivity (Wildman–Crippen MR) is 69.9 cm³/mol. The molecular formula is C12H19ClN2O. The van der Waals surface area contributed by atoms with Crippen molar-refractivity contribution in [1.29, 1.82) is 0 Å². The largest absolute Gasteiger partial charge is 0.330 e. The Kier molecular flexibility index (Phi) is 6.77. The minimum atomic E-state index is -0.120. The van der Waals surface area contributed by atoms with Gasteiger partial charge >= 0.3 is 0 Å². The number of benzene rings is 1. The normalized spacial score (nSPS) is 11.4. The fourth-order valence-electron chi connectivity index (χ4n) is 1.44. The maximum atomic E-state index is 12.0. The molecule has 2 N–H and O–H groups in total. The number of halogens is 1. The van der Waals surface area contributed by atoms with Crippen LogP contribution in [0.25, 0.3) is 0 Å². The molecule has 1 aromatic rings. The average molecular weight is 243 g/mol. The lowest BCUT2D eigenvalue weighted by Crippen LogP contribution is -2.37. The van der Waals surface area contributed by atoms with E-state index in [1.807, 2.05) is 44.2 Å². The molecule has 0 saturated heterocycles. The minimum Gasteiger partial charge on any atom is -0.330 e. The highest BCUT2D eigenvalue weighted by atomic mass is 35.5. The van der Waals surface area contributed by atoms with Gasteiger partial charge in [-0.3, -0.25) is 4.79 Å². The van der Waals surface area contributed by atoms with Crippen molar-refractivity contribution in [3.05, 3.63) is 30.3 Å². The second-order valence-electron chi connectivity index (χ2n) is 3.55. The number of carbonyl (C=O) groups is 1. The molecule has 0 heterocycles. The molecule has 0 spiro atoms. The Hall–Kier alpha value is -1.06. The molecular weight excluding hydrogens is 224 g/mol. The molecule has 0 aliphatic rings. The van der Waals surface area contributed by atoms with Crippen molar-refractivity contribution in [2.45, 2.75) is 13.8 Å². The maximum absolute atomic E-state index is 12.0. The smallest absolute Gasteiger partial charge is 0.231 e. The van der Waals surface area contributed by atoms with Gasteiger partial charge in [-0.15, -0.1) is 12.4 Å². The fraction of sp³-hybridized carbons (Fsp3) is 0.417. The maximum Gasteiger partial charge on any atom is 0.231 e. The van der Waals surface area contributed by atoms with Gasteiger partial charge in [0, 0.05) is 24.7 Å². The van der Waals surface area contributed by atoms with Gasteiger partial charge in [0.1, 0.15) is 0 Å². The zero-order valence-electron chi connectivity index (χ0n) is 9.72. The number of anilines is 1. The van der Waals surface area contributed by atoms with E-state index in [0.29, 0.717) is 13.1 Å². The molecule has 1 amide bonds. The molecule has 0 aliphatic carbocycles. The van der Waals surface area contributed by atoms with Crippen LogP contribution in [0.5, 0.6) is 0 Å². The molecule has 0 fully saturated rings. The van der Waals surface area contributed by atoms with E-state index >= 15 is 0 Å². The van der Waals surface area contributed by atoms with Crippen molar-refractivity contribution in [3.8, 4) is 0 Å². The third-order valence-corrected chi connectivity index (χ3v) is 2.43. The Morgan fingerprint density at radius 2 is 1.94 bits per heavy atom. The molecule has 16 heavy (non-hydrogen) atoms. The first-order valence-corrected chi connectivity index (χ1v) is 5.27. The van der Waals surface area contributed by atoms with Crippen molar-refractivity contribution >= 4 is 24.0 Å². The van der Waals surface area contributed by atoms with Crippen LogP contribution in [0, 0.1) is 5.92 Å². The number of nitrogens with two attached hydrogens (primary N) is 1. The Balaban J connectivity index is 0.00000225. The topological polar surface area (TPSA) is 46.3 Å². The molecule has 1 aromatic carbocycles. The van der Waals surface area contributed by atoms with Crippen LogP contribution in [0.2, 0.25) is 0 Å². The van der Waals surface area contributed by atoms with Gasteiger partial charge in [0.15, 0.2) is 0 Å². The lowest BCUT2D eigenvalue weighted by molar-refractivity contribution is -0.121. The summed E-state index contributed by atoms with van der Waals surface area (Å²) < 4.78 is 0. The lowest BCUT2D eigenvalue weighted by Gasteiger charge is -2.23. The molecule has 0 aromatic heterocycles. The molecule has 0 saturated carbocycles. The number of para-hydroxylation sites is 1. The van der Waals surface area contributed by atoms with Gasteiger partial charge in [0.2, 0.25) is 5.91 Å². The molecule has 1 atom stereocenters. The molecule has 3 nitrogen and oxygen atoms in total. The highest BCUT2D eigenvalue weighted by molar-refractivity contribution is 5.94. The summed E-state index contributed by atoms with van der Waals surface area (Å²) in [5.41, 5.74) is 6.43. The summed E-state index contributed by atoms with van der Waals surface area (Å²) in [5.74, 6) is -0.0312. The number of carbonyl (C=O) groups excluding carboxylic acids is 1. The van der Waals surface area contributed by atoms with Gasteiger partial charge in [-0.2, -0.15) is 0 Å². The summed E-state index contributed by atoms with van der Waals surface area (Å²) in [4.78, 5) is 13.7. The molecule has 1 unspecified atom stereocenters. The summed E-state index contributed by atoms with van der Waals surface area (Å²) in [7, 11) is 0. The van der Waals surface area contributed by atoms with Crippen LogP contribution < -0.4 is 10.6 Å². The standard InChI is InChI=1S/C12H18N2O.ClH/c1-3-14(12(15)10(2)9-13)11-7-5-4-6-8-11;/h4-8,10H,3,9,13H2,1-2H3;1H. The minimum absolute atomic E-state index is 0. The highest BCUT2D eigenvalue weighted by Gasteiger charge is 2.18. The molecule has 0 radical (unpaired) electrons. The first kappa shape index (κ1) is 14.9. The summed E-state index contributed by atoms with van der Waals surface area (Å²) in [6.45, 7) is 4.89. The molecule has 0 bridgehead atoms. The van der Waals surface area contributed by atoms with Crippen molar-refractivity contribution < 1.29 is 4.79 Å². The van der Waals surface area contributed by atoms with Crippen molar-refractivity contribution in [2.75, 3.05) is 18.0 Å². The van der Waals surface area contributed by atoms with E-state index < -0.39 is 0 Å². The van der Waals surface area contributed by atoms with Gasteiger partial charge in [-0.05, 0) is 19.1 Å². The second kappa shape index (κ2) is 7.25. The van der Waals surface area contributed by atoms with Gasteiger partial charge in [-0.1, -0.05) is 25.1 Å². The summed E-state index contributed by atoms with van der Waals surface area (Å²) in [5, 5.41) is 0. The summed E-state index contributed by atoms with van der Waals surface area (Å²) in [6.07, 6.45) is 0. The summed E-state index contributed by atoms with van der Waals surface area (Å²) in [6, 6.07) is 9.67. The Labute approximate surface area is 103 Å². The Morgan fingerprint density at radius 1 is 1.38 bits per heavy atom. The molecule has 1 rings (SSSR count). The van der Waals surface area contributed by atoms with Gasteiger partial charge < -0.3 is 10.6 Å². The third kappa shape index (κ3) is 3.51. The quantitative estimate of drug-likeness (QED) is 0.879. The van der Waals surface area contributed by atoms with E-state index in [2.05, 4.69) is 0 Å². The highest BCUT2D eigenvalue weighted by Crippen LogP contribution is 2.15. The van der Waals surface area contributed by atoms with E-state index in [4.69, 9.17) is 5.73 Å². The molecule has 0 aliphatic heterocycles. The van der Waals surface area contributed by atoms with E-state index in [0.717, 1.165) is 5.69 Å². The van der Waals surface area contributed by atoms with Crippen LogP contribution in [0.4, 0.5) is 5.69 Å². The van der Waals surface area contributed by atoms with Crippen molar-refractivity contribution in [2.24, 2.45) is 11.7 Å². The van der Waals surface area contributed by atoms with Crippen LogP contribution in [0.3, 0.4) is 0 Å². The number of rotatable bonds is 4. The summed E-state index contributed by atoms with van der Waals surface area (Å²) >= 11 is 0. The van der Waals surface area contributed by atoms with Crippen LogP contribution in [-0.4, -0.2) is 19.0 Å². The number of nitrogens with zero attached hydrogens (tertiary/aromatic N) is 1. The zero-order valence-corrected chi connectivity index (χ0v) is 10.5. The fourth-order valence-corrected chi connectivity index (χ4v) is 1.44. The first-order valence-electron chi connectivity index (χ1n) is 5.27. The van der Waals surface area contributed by atoms with Crippen molar-refractivity contribution in [1.82, 2.24) is 0 Å². The predicted octanol–water partition coefficient (Wildman–Crippen LogP) is 2.06. The van der Waals surface area contributed by atoms with Gasteiger partial charge in [0.25, 0.3) is 0 Å². The van der Waals surface area contributed by atoms with E-state index in [1.54, 1.807) is 4.90 Å². The SMILES string of the molecule is CCN(C(=O)C(C)CN)c1ccccc1.Cl. The van der Waals surface area contributed by atoms with Crippen molar-refractivity contribution in [3.63, 3.8) is 0 Å². The third-order valence-electron chi connectivity index (χ3n) is 2.43. The monoisotopic (exact) mass is 242 g/mol. The van der Waals surface area contributed by atoms with Crippen LogP contribution in [0.15, 0.2) is 30.3 Å². The number of hydrogen-bond donors (Lipinski definition) is 1. The van der Waals surface area contributed by atoms with Crippen LogP contribution in [0.1, 0.15) is 13.8 Å². The van der Waals surface area contributed by atoms with E-state index in [-0.39, 0.29) is 24.2 Å². The number of amides is 1. The van der Waals surface area contributed by atoms with Crippen LogP contribution in [-0.2, 0) is 4.79 Å². The van der Waals surface area contributed by atoms with Crippen LogP contribution >= 0.6 is 12.4 Å². The Morgan fingerprint density at radius 3 is 2.38 bits per heavy atom. The average Bonchev–Trinajstić information content (AvgIpc) is 2.30. The van der Waals surface area contributed by atoms with E-state index in [9.17, 15) is 4.79 Å². The van der Waals surface area contributed by atoms with E-state index in [1.165, 1.54) is 0 Å². The molecule has 4 heteroatoms. The number of hydrogen-bond acceptors (Lipinski definition) is 2. The van der Waals surface area contributed by atoms with Gasteiger partial charge in [0.05, 0.1) is 0 Å². The first-order chi connectivity index (χ1) is 7.20. The zero-order chi connectivity index (χ0) is 11.3. The van der Waals surface area contributed by atoms with Gasteiger partial charge in [-0.25, -0.2) is 0 Å².